The molecule has 0 aromatic carbocycles. The third-order valence-corrected chi connectivity index (χ3v) is 4.11. The van der Waals surface area contributed by atoms with Crippen LogP contribution in [0.4, 0.5) is 5.82 Å². The van der Waals surface area contributed by atoms with E-state index in [1.807, 2.05) is 12.3 Å². The van der Waals surface area contributed by atoms with Crippen LogP contribution in [-0.4, -0.2) is 21.5 Å². The Balaban J connectivity index is 2.04. The van der Waals surface area contributed by atoms with Gasteiger partial charge in [0.15, 0.2) is 0 Å². The van der Waals surface area contributed by atoms with Gasteiger partial charge in [0.05, 0.1) is 11.4 Å². The second-order valence-corrected chi connectivity index (χ2v) is 5.51. The lowest BCUT2D eigenvalue weighted by molar-refractivity contribution is 0.720. The molecule has 1 atom stereocenters. The molecule has 0 aliphatic heterocycles. The van der Waals surface area contributed by atoms with Gasteiger partial charge in [-0.1, -0.05) is 19.4 Å². The Morgan fingerprint density at radius 3 is 2.90 bits per heavy atom. The van der Waals surface area contributed by atoms with Crippen LogP contribution in [0, 0.1) is 0 Å². The minimum Gasteiger partial charge on any atom is -0.370 e. The summed E-state index contributed by atoms with van der Waals surface area (Å²) in [5, 5.41) is 3.38. The SMILES string of the molecule is CCCc1c(NCC)ncnc1C1CCc2cccnc21. The molecule has 3 rings (SSSR count). The van der Waals surface area contributed by atoms with Crippen LogP contribution in [0.3, 0.4) is 0 Å². The molecule has 110 valence electrons. The van der Waals surface area contributed by atoms with Crippen LogP contribution in [0.1, 0.15) is 55.1 Å². The first-order valence-corrected chi connectivity index (χ1v) is 7.86. The van der Waals surface area contributed by atoms with Gasteiger partial charge in [-0.25, -0.2) is 9.97 Å². The molecular formula is C17H22N4. The van der Waals surface area contributed by atoms with E-state index in [-0.39, 0.29) is 0 Å². The third-order valence-electron chi connectivity index (χ3n) is 4.11. The smallest absolute Gasteiger partial charge is 0.132 e. The van der Waals surface area contributed by atoms with E-state index >= 15 is 0 Å². The molecule has 0 amide bonds. The van der Waals surface area contributed by atoms with Gasteiger partial charge in [-0.2, -0.15) is 0 Å². The Kier molecular flexibility index (Phi) is 4.13. The van der Waals surface area contributed by atoms with Crippen molar-refractivity contribution >= 4 is 5.82 Å². The van der Waals surface area contributed by atoms with E-state index in [0.29, 0.717) is 5.92 Å². The predicted octanol–water partition coefficient (Wildman–Crippen LogP) is 3.33. The fourth-order valence-corrected chi connectivity index (χ4v) is 3.22. The van der Waals surface area contributed by atoms with Crippen LogP contribution in [0.25, 0.3) is 0 Å². The number of fused-ring (bicyclic) bond motifs is 1. The first kappa shape index (κ1) is 14.0. The molecule has 1 N–H and O–H groups in total. The Morgan fingerprint density at radius 2 is 2.10 bits per heavy atom. The van der Waals surface area contributed by atoms with Crippen LogP contribution in [0.2, 0.25) is 0 Å². The predicted molar refractivity (Wildman–Crippen MR) is 84.6 cm³/mol. The molecule has 4 nitrogen and oxygen atoms in total. The third kappa shape index (κ3) is 2.62. The van der Waals surface area contributed by atoms with Gasteiger partial charge in [-0.3, -0.25) is 4.98 Å². The highest BCUT2D eigenvalue weighted by Crippen LogP contribution is 2.38. The van der Waals surface area contributed by atoms with Crippen LogP contribution < -0.4 is 5.32 Å². The van der Waals surface area contributed by atoms with Crippen molar-refractivity contribution in [1.82, 2.24) is 15.0 Å². The van der Waals surface area contributed by atoms with E-state index in [4.69, 9.17) is 0 Å². The van der Waals surface area contributed by atoms with Crippen molar-refractivity contribution in [2.75, 3.05) is 11.9 Å². The lowest BCUT2D eigenvalue weighted by Crippen LogP contribution is -2.11. The van der Waals surface area contributed by atoms with E-state index in [0.717, 1.165) is 38.0 Å². The zero-order valence-electron chi connectivity index (χ0n) is 12.8. The molecule has 0 fully saturated rings. The molecule has 0 spiro atoms. The van der Waals surface area contributed by atoms with Gasteiger partial charge >= 0.3 is 0 Å². The molecule has 0 saturated heterocycles. The van der Waals surface area contributed by atoms with Crippen LogP contribution in [0.15, 0.2) is 24.7 Å². The van der Waals surface area contributed by atoms with E-state index < -0.39 is 0 Å². The quantitative estimate of drug-likeness (QED) is 0.914. The van der Waals surface area contributed by atoms with Crippen molar-refractivity contribution in [3.05, 3.63) is 47.2 Å². The number of pyridine rings is 1. The van der Waals surface area contributed by atoms with Crippen molar-refractivity contribution < 1.29 is 0 Å². The molecule has 2 aromatic rings. The molecule has 0 radical (unpaired) electrons. The highest BCUT2D eigenvalue weighted by Gasteiger charge is 2.29. The zero-order chi connectivity index (χ0) is 14.7. The van der Waals surface area contributed by atoms with Gasteiger partial charge < -0.3 is 5.32 Å². The summed E-state index contributed by atoms with van der Waals surface area (Å²) in [6.07, 6.45) is 7.89. The Hall–Kier alpha value is -1.97. The summed E-state index contributed by atoms with van der Waals surface area (Å²) in [6.45, 7) is 5.18. The number of aromatic nitrogens is 3. The molecule has 0 saturated carbocycles. The summed E-state index contributed by atoms with van der Waals surface area (Å²) in [5.74, 6) is 1.32. The molecule has 21 heavy (non-hydrogen) atoms. The number of rotatable bonds is 5. The van der Waals surface area contributed by atoms with Gasteiger partial charge in [0.25, 0.3) is 0 Å². The normalized spacial score (nSPS) is 16.8. The fourth-order valence-electron chi connectivity index (χ4n) is 3.22. The molecule has 0 bridgehead atoms. The highest BCUT2D eigenvalue weighted by atomic mass is 15.0. The topological polar surface area (TPSA) is 50.7 Å². The minimum atomic E-state index is 0.322. The first-order chi connectivity index (χ1) is 10.3. The van der Waals surface area contributed by atoms with Crippen molar-refractivity contribution in [1.29, 1.82) is 0 Å². The van der Waals surface area contributed by atoms with Gasteiger partial charge in [0.1, 0.15) is 12.1 Å². The van der Waals surface area contributed by atoms with Crippen molar-refractivity contribution in [3.8, 4) is 0 Å². The number of hydrogen-bond acceptors (Lipinski definition) is 4. The van der Waals surface area contributed by atoms with Crippen molar-refractivity contribution in [2.45, 2.75) is 45.4 Å². The van der Waals surface area contributed by atoms with Gasteiger partial charge in [-0.05, 0) is 37.8 Å². The molecule has 2 aromatic heterocycles. The van der Waals surface area contributed by atoms with Crippen LogP contribution in [0.5, 0.6) is 0 Å². The number of nitrogens with zero attached hydrogens (tertiary/aromatic N) is 3. The van der Waals surface area contributed by atoms with Crippen molar-refractivity contribution in [2.24, 2.45) is 0 Å². The Labute approximate surface area is 126 Å². The standard InChI is InChI=1S/C17H22N4/c1-3-6-14-16(20-11-21-17(14)18-4-2)13-9-8-12-7-5-10-19-15(12)13/h5,7,10-11,13H,3-4,6,8-9H2,1-2H3,(H,18,20,21). The fraction of sp³-hybridized carbons (Fsp3) is 0.471. The number of anilines is 1. The molecule has 4 heteroatoms. The van der Waals surface area contributed by atoms with Gasteiger partial charge in [0, 0.05) is 24.2 Å². The molecule has 2 heterocycles. The number of hydrogen-bond donors (Lipinski definition) is 1. The lowest BCUT2D eigenvalue weighted by Gasteiger charge is -2.17. The molecule has 1 aliphatic rings. The first-order valence-electron chi connectivity index (χ1n) is 7.86. The summed E-state index contributed by atoms with van der Waals surface area (Å²) < 4.78 is 0. The summed E-state index contributed by atoms with van der Waals surface area (Å²) in [4.78, 5) is 13.7. The minimum absolute atomic E-state index is 0.322. The Morgan fingerprint density at radius 1 is 1.19 bits per heavy atom. The van der Waals surface area contributed by atoms with Gasteiger partial charge in [-0.15, -0.1) is 0 Å². The van der Waals surface area contributed by atoms with E-state index in [9.17, 15) is 0 Å². The average molecular weight is 282 g/mol. The Bertz CT molecular complexity index is 624. The van der Waals surface area contributed by atoms with Crippen LogP contribution >= 0.6 is 0 Å². The van der Waals surface area contributed by atoms with E-state index in [1.54, 1.807) is 6.33 Å². The molecular weight excluding hydrogens is 260 g/mol. The van der Waals surface area contributed by atoms with Crippen LogP contribution in [-0.2, 0) is 12.8 Å². The summed E-state index contributed by atoms with van der Waals surface area (Å²) in [5.41, 5.74) is 5.01. The molecule has 1 aliphatic carbocycles. The van der Waals surface area contributed by atoms with E-state index in [1.165, 1.54) is 22.5 Å². The summed E-state index contributed by atoms with van der Waals surface area (Å²) in [6, 6.07) is 4.21. The highest BCUT2D eigenvalue weighted by molar-refractivity contribution is 5.50. The maximum atomic E-state index is 4.63. The summed E-state index contributed by atoms with van der Waals surface area (Å²) in [7, 11) is 0. The maximum absolute atomic E-state index is 4.63. The molecule has 1 unspecified atom stereocenters. The van der Waals surface area contributed by atoms with Crippen molar-refractivity contribution in [3.63, 3.8) is 0 Å². The second-order valence-electron chi connectivity index (χ2n) is 5.51. The average Bonchev–Trinajstić information content (AvgIpc) is 2.93. The summed E-state index contributed by atoms with van der Waals surface area (Å²) >= 11 is 0. The maximum Gasteiger partial charge on any atom is 0.132 e. The van der Waals surface area contributed by atoms with Gasteiger partial charge in [0.2, 0.25) is 0 Å². The van der Waals surface area contributed by atoms with E-state index in [2.05, 4.69) is 40.2 Å². The number of aryl methyl sites for hydroxylation is 1. The number of nitrogens with one attached hydrogen (secondary N) is 1. The lowest BCUT2D eigenvalue weighted by atomic mass is 9.95. The monoisotopic (exact) mass is 282 g/mol. The largest absolute Gasteiger partial charge is 0.370 e. The second kappa shape index (κ2) is 6.20. The zero-order valence-corrected chi connectivity index (χ0v) is 12.8.